The Morgan fingerprint density at radius 1 is 1.40 bits per heavy atom. The number of rotatable bonds is 5. The van der Waals surface area contributed by atoms with Crippen LogP contribution in [-0.2, 0) is 0 Å². The third-order valence-electron chi connectivity index (χ3n) is 1.95. The van der Waals surface area contributed by atoms with Crippen LogP contribution in [0.1, 0.15) is 27.1 Å². The van der Waals surface area contributed by atoms with E-state index in [0.717, 1.165) is 0 Å². The SMILES string of the molecule is O=Cc1ccccc1C(=O)NCCCO. The molecule has 1 amide bonds. The first-order valence-corrected chi connectivity index (χ1v) is 4.73. The van der Waals surface area contributed by atoms with Crippen molar-refractivity contribution in [2.45, 2.75) is 6.42 Å². The van der Waals surface area contributed by atoms with Gasteiger partial charge in [0.05, 0.1) is 0 Å². The van der Waals surface area contributed by atoms with Crippen molar-refractivity contribution in [2.24, 2.45) is 0 Å². The summed E-state index contributed by atoms with van der Waals surface area (Å²) in [5.74, 6) is -0.286. The number of amides is 1. The van der Waals surface area contributed by atoms with Gasteiger partial charge in [-0.25, -0.2) is 0 Å². The van der Waals surface area contributed by atoms with E-state index < -0.39 is 0 Å². The van der Waals surface area contributed by atoms with Gasteiger partial charge in [0.15, 0.2) is 6.29 Å². The largest absolute Gasteiger partial charge is 0.396 e. The molecular weight excluding hydrogens is 194 g/mol. The molecule has 2 N–H and O–H groups in total. The Hall–Kier alpha value is -1.68. The van der Waals surface area contributed by atoms with Crippen molar-refractivity contribution in [1.82, 2.24) is 5.32 Å². The number of carbonyl (C=O) groups is 2. The fourth-order valence-electron chi connectivity index (χ4n) is 1.18. The second-order valence-corrected chi connectivity index (χ2v) is 3.04. The van der Waals surface area contributed by atoms with E-state index in [9.17, 15) is 9.59 Å². The first kappa shape index (κ1) is 11.4. The maximum atomic E-state index is 11.5. The molecule has 0 radical (unpaired) electrons. The molecule has 1 rings (SSSR count). The third-order valence-corrected chi connectivity index (χ3v) is 1.95. The summed E-state index contributed by atoms with van der Waals surface area (Å²) in [6.45, 7) is 0.443. The van der Waals surface area contributed by atoms with Gasteiger partial charge in [0.2, 0.25) is 0 Å². The molecule has 0 fully saturated rings. The first-order valence-electron chi connectivity index (χ1n) is 4.73. The monoisotopic (exact) mass is 207 g/mol. The minimum Gasteiger partial charge on any atom is -0.396 e. The van der Waals surface area contributed by atoms with Crippen LogP contribution < -0.4 is 5.32 Å². The number of hydrogen-bond donors (Lipinski definition) is 2. The van der Waals surface area contributed by atoms with Gasteiger partial charge in [-0.1, -0.05) is 18.2 Å². The van der Waals surface area contributed by atoms with Crippen molar-refractivity contribution in [3.63, 3.8) is 0 Å². The molecule has 0 aliphatic heterocycles. The first-order chi connectivity index (χ1) is 7.29. The number of nitrogens with one attached hydrogen (secondary N) is 1. The molecule has 0 atom stereocenters. The summed E-state index contributed by atoms with van der Waals surface area (Å²) in [7, 11) is 0. The van der Waals surface area contributed by atoms with E-state index in [1.165, 1.54) is 0 Å². The zero-order valence-electron chi connectivity index (χ0n) is 8.27. The molecule has 0 saturated heterocycles. The van der Waals surface area contributed by atoms with Gasteiger partial charge in [0.25, 0.3) is 5.91 Å². The summed E-state index contributed by atoms with van der Waals surface area (Å²) in [5, 5.41) is 11.2. The smallest absolute Gasteiger partial charge is 0.252 e. The second-order valence-electron chi connectivity index (χ2n) is 3.04. The summed E-state index contributed by atoms with van der Waals surface area (Å²) in [6, 6.07) is 6.59. The fraction of sp³-hybridized carbons (Fsp3) is 0.273. The zero-order chi connectivity index (χ0) is 11.1. The molecule has 0 heterocycles. The van der Waals surface area contributed by atoms with Gasteiger partial charge in [-0.2, -0.15) is 0 Å². The molecule has 0 bridgehead atoms. The summed E-state index contributed by atoms with van der Waals surface area (Å²) >= 11 is 0. The predicted octanol–water partition coefficient (Wildman–Crippen LogP) is 0.611. The van der Waals surface area contributed by atoms with Crippen LogP contribution in [0.4, 0.5) is 0 Å². The van der Waals surface area contributed by atoms with Crippen molar-refractivity contribution >= 4 is 12.2 Å². The van der Waals surface area contributed by atoms with E-state index in [2.05, 4.69) is 5.32 Å². The number of aliphatic hydroxyl groups excluding tert-OH is 1. The highest BCUT2D eigenvalue weighted by molar-refractivity contribution is 6.01. The number of aldehydes is 1. The molecule has 0 aliphatic carbocycles. The maximum absolute atomic E-state index is 11.5. The molecule has 80 valence electrons. The lowest BCUT2D eigenvalue weighted by Crippen LogP contribution is -2.25. The quantitative estimate of drug-likeness (QED) is 0.549. The third kappa shape index (κ3) is 3.18. The lowest BCUT2D eigenvalue weighted by Gasteiger charge is -2.05. The van der Waals surface area contributed by atoms with Crippen molar-refractivity contribution < 1.29 is 14.7 Å². The van der Waals surface area contributed by atoms with Crippen LogP contribution in [0.3, 0.4) is 0 Å². The Labute approximate surface area is 87.9 Å². The molecule has 4 nitrogen and oxygen atoms in total. The van der Waals surface area contributed by atoms with Crippen LogP contribution in [0.15, 0.2) is 24.3 Å². The van der Waals surface area contributed by atoms with E-state index in [4.69, 9.17) is 5.11 Å². The van der Waals surface area contributed by atoms with E-state index in [0.29, 0.717) is 30.4 Å². The molecule has 0 aromatic heterocycles. The van der Waals surface area contributed by atoms with Crippen LogP contribution in [0.25, 0.3) is 0 Å². The molecule has 0 unspecified atom stereocenters. The summed E-state index contributed by atoms with van der Waals surface area (Å²) in [4.78, 5) is 22.2. The van der Waals surface area contributed by atoms with E-state index in [1.54, 1.807) is 24.3 Å². The lowest BCUT2D eigenvalue weighted by atomic mass is 10.1. The van der Waals surface area contributed by atoms with Crippen molar-refractivity contribution in [1.29, 1.82) is 0 Å². The maximum Gasteiger partial charge on any atom is 0.252 e. The Bertz CT molecular complexity index is 349. The molecule has 15 heavy (non-hydrogen) atoms. The average molecular weight is 207 g/mol. The Balaban J connectivity index is 2.68. The minimum absolute atomic E-state index is 0.0373. The van der Waals surface area contributed by atoms with Gasteiger partial charge in [0.1, 0.15) is 0 Å². The van der Waals surface area contributed by atoms with Crippen molar-refractivity contribution in [2.75, 3.05) is 13.2 Å². The Morgan fingerprint density at radius 3 is 2.80 bits per heavy atom. The molecular formula is C11H13NO3. The van der Waals surface area contributed by atoms with Gasteiger partial charge in [-0.05, 0) is 12.5 Å². The average Bonchev–Trinajstić information content (AvgIpc) is 2.29. The summed E-state index contributed by atoms with van der Waals surface area (Å²) in [5.41, 5.74) is 0.740. The predicted molar refractivity (Wildman–Crippen MR) is 55.9 cm³/mol. The molecule has 1 aromatic rings. The molecule has 0 aliphatic rings. The van der Waals surface area contributed by atoms with Gasteiger partial charge in [0, 0.05) is 24.3 Å². The standard InChI is InChI=1S/C11H13NO3/c13-7-3-6-12-11(15)10-5-2-1-4-9(10)8-14/h1-2,4-5,8,13H,3,6-7H2,(H,12,15). The van der Waals surface area contributed by atoms with Crippen LogP contribution >= 0.6 is 0 Å². The summed E-state index contributed by atoms with van der Waals surface area (Å²) in [6.07, 6.45) is 1.16. The van der Waals surface area contributed by atoms with E-state index in [-0.39, 0.29) is 12.5 Å². The van der Waals surface area contributed by atoms with Crippen LogP contribution in [-0.4, -0.2) is 30.5 Å². The highest BCUT2D eigenvalue weighted by Crippen LogP contribution is 2.05. The van der Waals surface area contributed by atoms with Gasteiger partial charge in [-0.15, -0.1) is 0 Å². The highest BCUT2D eigenvalue weighted by atomic mass is 16.3. The lowest BCUT2D eigenvalue weighted by molar-refractivity contribution is 0.0945. The van der Waals surface area contributed by atoms with E-state index >= 15 is 0 Å². The van der Waals surface area contributed by atoms with Gasteiger partial charge < -0.3 is 10.4 Å². The molecule has 0 spiro atoms. The number of aliphatic hydroxyl groups is 1. The van der Waals surface area contributed by atoms with Gasteiger partial charge >= 0.3 is 0 Å². The number of hydrogen-bond acceptors (Lipinski definition) is 3. The summed E-state index contributed by atoms with van der Waals surface area (Å²) < 4.78 is 0. The molecule has 4 heteroatoms. The fourth-order valence-corrected chi connectivity index (χ4v) is 1.18. The molecule has 0 saturated carbocycles. The minimum atomic E-state index is -0.286. The van der Waals surface area contributed by atoms with Crippen molar-refractivity contribution in [3.8, 4) is 0 Å². The molecule has 1 aromatic carbocycles. The van der Waals surface area contributed by atoms with Crippen LogP contribution in [0.5, 0.6) is 0 Å². The normalized spacial score (nSPS) is 9.67. The topological polar surface area (TPSA) is 66.4 Å². The number of carbonyl (C=O) groups excluding carboxylic acids is 2. The van der Waals surface area contributed by atoms with Crippen molar-refractivity contribution in [3.05, 3.63) is 35.4 Å². The number of benzene rings is 1. The van der Waals surface area contributed by atoms with E-state index in [1.807, 2.05) is 0 Å². The highest BCUT2D eigenvalue weighted by Gasteiger charge is 2.08. The zero-order valence-corrected chi connectivity index (χ0v) is 8.27. The van der Waals surface area contributed by atoms with Gasteiger partial charge in [-0.3, -0.25) is 9.59 Å². The Morgan fingerprint density at radius 2 is 2.13 bits per heavy atom. The second kappa shape index (κ2) is 5.93. The van der Waals surface area contributed by atoms with Crippen LogP contribution in [0, 0.1) is 0 Å². The Kier molecular flexibility index (Phi) is 4.50. The van der Waals surface area contributed by atoms with Crippen LogP contribution in [0.2, 0.25) is 0 Å².